The number of benzene rings is 7. The summed E-state index contributed by atoms with van der Waals surface area (Å²) < 4.78 is 17.4. The highest BCUT2D eigenvalue weighted by Crippen LogP contribution is 2.55. The monoisotopic (exact) mass is 692 g/mol. The van der Waals surface area contributed by atoms with E-state index in [4.69, 9.17) is 35.2 Å². The Balaban J connectivity index is 1.67. The van der Waals surface area contributed by atoms with Crippen LogP contribution in [0.5, 0.6) is 11.5 Å². The standard InChI is InChI=1S/C50H32N2O2/c1-5-29-51-39-23-15-13-21-37(39)45-48(44-36-20-12-10-18-34(36)26-28-42(44)54-32-8-4)50-46(38-22-14-16-24-40(38)52(50)30-6-2)47(49(45)51)43-35-19-11-9-17-33(35)25-27-41(43)53-31-7-3/h1-4,9-28H,29-32H2. The molecule has 0 fully saturated rings. The minimum atomic E-state index is 0.105. The number of ether oxygens (including phenoxy) is 2. The van der Waals surface area contributed by atoms with E-state index >= 15 is 0 Å². The van der Waals surface area contributed by atoms with Crippen molar-refractivity contribution >= 4 is 65.2 Å². The average Bonchev–Trinajstić information content (AvgIpc) is 3.71. The van der Waals surface area contributed by atoms with Gasteiger partial charge in [0.05, 0.1) is 35.2 Å². The third kappa shape index (κ3) is 4.80. The topological polar surface area (TPSA) is 28.3 Å². The smallest absolute Gasteiger partial charge is 0.148 e. The number of fused-ring (bicyclic) bond motifs is 8. The Morgan fingerprint density at radius 2 is 0.796 bits per heavy atom. The summed E-state index contributed by atoms with van der Waals surface area (Å²) in [6.45, 7) is 0.861. The SMILES string of the molecule is C#CCOc1ccc2ccccc2c1-c1c2c3ccccc3n(CC#C)c2c(-c2c(OCC#C)ccc3ccccc23)c2c3ccccc3n(CC#C)c12. The van der Waals surface area contributed by atoms with Crippen molar-refractivity contribution in [3.63, 3.8) is 0 Å². The van der Waals surface area contributed by atoms with E-state index in [2.05, 4.69) is 142 Å². The molecular weight excluding hydrogens is 661 g/mol. The van der Waals surface area contributed by atoms with Crippen molar-refractivity contribution in [3.8, 4) is 83.1 Å². The fourth-order valence-corrected chi connectivity index (χ4v) is 8.37. The molecule has 0 aliphatic rings. The van der Waals surface area contributed by atoms with Crippen molar-refractivity contribution in [1.29, 1.82) is 0 Å². The lowest BCUT2D eigenvalue weighted by Gasteiger charge is -2.22. The summed E-state index contributed by atoms with van der Waals surface area (Å²) >= 11 is 0. The van der Waals surface area contributed by atoms with Gasteiger partial charge in [-0.15, -0.1) is 25.7 Å². The normalized spacial score (nSPS) is 11.2. The molecule has 9 aromatic rings. The second kappa shape index (κ2) is 13.2. The van der Waals surface area contributed by atoms with Crippen LogP contribution >= 0.6 is 0 Å². The van der Waals surface area contributed by atoms with E-state index in [0.717, 1.165) is 87.4 Å². The maximum Gasteiger partial charge on any atom is 0.148 e. The van der Waals surface area contributed by atoms with Gasteiger partial charge >= 0.3 is 0 Å². The molecule has 0 bridgehead atoms. The van der Waals surface area contributed by atoms with Crippen molar-refractivity contribution in [2.75, 3.05) is 13.2 Å². The van der Waals surface area contributed by atoms with Gasteiger partial charge in [0.2, 0.25) is 0 Å². The maximum absolute atomic E-state index is 6.46. The minimum Gasteiger partial charge on any atom is -0.480 e. The lowest BCUT2D eigenvalue weighted by molar-refractivity contribution is 0.372. The molecular formula is C50H32N2O2. The number of rotatable bonds is 8. The first-order valence-corrected chi connectivity index (χ1v) is 17.7. The van der Waals surface area contributed by atoms with Gasteiger partial charge in [-0.3, -0.25) is 0 Å². The van der Waals surface area contributed by atoms with Gasteiger partial charge < -0.3 is 18.6 Å². The Bertz CT molecular complexity index is 2950. The Labute approximate surface area is 313 Å². The summed E-state index contributed by atoms with van der Waals surface area (Å²) in [5.74, 6) is 12.7. The summed E-state index contributed by atoms with van der Waals surface area (Å²) in [5.41, 5.74) is 7.77. The lowest BCUT2D eigenvalue weighted by atomic mass is 9.86. The second-order valence-electron chi connectivity index (χ2n) is 13.1. The molecule has 54 heavy (non-hydrogen) atoms. The molecule has 7 aromatic carbocycles. The molecule has 0 N–H and O–H groups in total. The molecule has 0 aliphatic heterocycles. The highest BCUT2D eigenvalue weighted by Gasteiger charge is 2.31. The predicted molar refractivity (Wildman–Crippen MR) is 225 cm³/mol. The van der Waals surface area contributed by atoms with Crippen LogP contribution < -0.4 is 9.47 Å². The molecule has 2 heterocycles. The first-order chi connectivity index (χ1) is 26.7. The molecule has 0 radical (unpaired) electrons. The number of para-hydroxylation sites is 2. The van der Waals surface area contributed by atoms with Crippen molar-refractivity contribution in [1.82, 2.24) is 9.13 Å². The van der Waals surface area contributed by atoms with Crippen LogP contribution in [0.15, 0.2) is 121 Å². The van der Waals surface area contributed by atoms with Crippen LogP contribution in [0, 0.1) is 49.4 Å². The summed E-state index contributed by atoms with van der Waals surface area (Å²) in [6.07, 6.45) is 24.1. The van der Waals surface area contributed by atoms with Gasteiger partial charge in [-0.05, 0) is 45.8 Å². The molecule has 0 saturated carbocycles. The predicted octanol–water partition coefficient (Wildman–Crippen LogP) is 10.8. The van der Waals surface area contributed by atoms with E-state index in [-0.39, 0.29) is 13.2 Å². The van der Waals surface area contributed by atoms with Crippen molar-refractivity contribution in [3.05, 3.63) is 121 Å². The summed E-state index contributed by atoms with van der Waals surface area (Å²) in [5, 5.41) is 8.30. The Kier molecular flexibility index (Phi) is 7.95. The Hall–Kier alpha value is -7.50. The molecule has 4 nitrogen and oxygen atoms in total. The number of aromatic nitrogens is 2. The minimum absolute atomic E-state index is 0.105. The third-order valence-electron chi connectivity index (χ3n) is 10.3. The molecule has 0 unspecified atom stereocenters. The van der Waals surface area contributed by atoms with E-state index in [1.165, 1.54) is 0 Å². The van der Waals surface area contributed by atoms with Gasteiger partial charge in [0, 0.05) is 43.8 Å². The fourth-order valence-electron chi connectivity index (χ4n) is 8.37. The molecule has 0 atom stereocenters. The third-order valence-corrected chi connectivity index (χ3v) is 10.3. The summed E-state index contributed by atoms with van der Waals surface area (Å²) in [4.78, 5) is 0. The Morgan fingerprint density at radius 3 is 1.20 bits per heavy atom. The van der Waals surface area contributed by atoms with Crippen LogP contribution in [0.25, 0.3) is 87.4 Å². The molecule has 0 spiro atoms. The second-order valence-corrected chi connectivity index (χ2v) is 13.1. The zero-order chi connectivity index (χ0) is 36.8. The van der Waals surface area contributed by atoms with Gasteiger partial charge in [-0.1, -0.05) is 121 Å². The van der Waals surface area contributed by atoms with Crippen molar-refractivity contribution < 1.29 is 9.47 Å². The largest absolute Gasteiger partial charge is 0.480 e. The van der Waals surface area contributed by atoms with Crippen LogP contribution in [0.4, 0.5) is 0 Å². The van der Waals surface area contributed by atoms with E-state index in [1.54, 1.807) is 0 Å². The number of terminal acetylenes is 4. The number of nitrogens with zero attached hydrogens (tertiary/aromatic N) is 2. The number of hydrogen-bond donors (Lipinski definition) is 0. The van der Waals surface area contributed by atoms with E-state index < -0.39 is 0 Å². The van der Waals surface area contributed by atoms with Crippen LogP contribution in [0.3, 0.4) is 0 Å². The van der Waals surface area contributed by atoms with Crippen molar-refractivity contribution in [2.45, 2.75) is 13.1 Å². The lowest BCUT2D eigenvalue weighted by Crippen LogP contribution is -2.03. The molecule has 9 rings (SSSR count). The maximum atomic E-state index is 6.46. The summed E-state index contributed by atoms with van der Waals surface area (Å²) in [6, 6.07) is 41.8. The highest BCUT2D eigenvalue weighted by atomic mass is 16.5. The first kappa shape index (κ1) is 32.4. The van der Waals surface area contributed by atoms with E-state index in [0.29, 0.717) is 24.6 Å². The first-order valence-electron chi connectivity index (χ1n) is 17.7. The van der Waals surface area contributed by atoms with Crippen LogP contribution in [-0.4, -0.2) is 22.3 Å². The van der Waals surface area contributed by atoms with E-state index in [9.17, 15) is 0 Å². The molecule has 2 aromatic heterocycles. The quantitative estimate of drug-likeness (QED) is 0.148. The molecule has 4 heteroatoms. The molecule has 254 valence electrons. The zero-order valence-corrected chi connectivity index (χ0v) is 29.4. The zero-order valence-electron chi connectivity index (χ0n) is 29.4. The van der Waals surface area contributed by atoms with Gasteiger partial charge in [0.1, 0.15) is 24.7 Å². The fraction of sp³-hybridized carbons (Fsp3) is 0.0800. The number of hydrogen-bond acceptors (Lipinski definition) is 2. The van der Waals surface area contributed by atoms with Gasteiger partial charge in [-0.25, -0.2) is 0 Å². The molecule has 0 aliphatic carbocycles. The Morgan fingerprint density at radius 1 is 0.407 bits per heavy atom. The van der Waals surface area contributed by atoms with Gasteiger partial charge in [-0.2, -0.15) is 0 Å². The van der Waals surface area contributed by atoms with Crippen LogP contribution in [0.2, 0.25) is 0 Å². The summed E-state index contributed by atoms with van der Waals surface area (Å²) in [7, 11) is 0. The van der Waals surface area contributed by atoms with Gasteiger partial charge in [0.25, 0.3) is 0 Å². The van der Waals surface area contributed by atoms with Crippen molar-refractivity contribution in [2.24, 2.45) is 0 Å². The van der Waals surface area contributed by atoms with Crippen LogP contribution in [0.1, 0.15) is 0 Å². The van der Waals surface area contributed by atoms with Crippen LogP contribution in [-0.2, 0) is 13.1 Å². The van der Waals surface area contributed by atoms with E-state index in [1.807, 2.05) is 12.1 Å². The van der Waals surface area contributed by atoms with Gasteiger partial charge in [0.15, 0.2) is 0 Å². The molecule has 0 amide bonds. The highest BCUT2D eigenvalue weighted by molar-refractivity contribution is 6.35. The molecule has 0 saturated heterocycles. The average molecular weight is 693 g/mol.